The monoisotopic (exact) mass is 235 g/mol. The molecular weight excluding hydrogens is 226 g/mol. The van der Waals surface area contributed by atoms with E-state index in [4.69, 9.17) is 10.8 Å². The molecule has 1 rings (SSSR count). The highest BCUT2D eigenvalue weighted by Crippen LogP contribution is 2.22. The number of thiophene rings is 1. The third-order valence-corrected chi connectivity index (χ3v) is 2.97. The minimum Gasteiger partial charge on any atom is -0.395 e. The molecule has 0 radical (unpaired) electrons. The molecule has 3 N–H and O–H groups in total. The first-order valence-corrected chi connectivity index (χ1v) is 4.94. The van der Waals surface area contributed by atoms with Crippen molar-refractivity contribution >= 4 is 27.3 Å². The molecule has 2 nitrogen and oxygen atoms in total. The molecule has 0 bridgehead atoms. The SMILES string of the molecule is NC(CO)Cc1ccc(Br)s1. The van der Waals surface area contributed by atoms with Crippen LogP contribution in [0.2, 0.25) is 0 Å². The van der Waals surface area contributed by atoms with E-state index in [2.05, 4.69) is 15.9 Å². The highest BCUT2D eigenvalue weighted by molar-refractivity contribution is 9.11. The van der Waals surface area contributed by atoms with Gasteiger partial charge in [-0.05, 0) is 34.5 Å². The minimum atomic E-state index is -0.124. The Balaban J connectivity index is 2.50. The average Bonchev–Trinajstić information content (AvgIpc) is 2.35. The molecule has 11 heavy (non-hydrogen) atoms. The normalized spacial score (nSPS) is 13.4. The van der Waals surface area contributed by atoms with Crippen LogP contribution in [0.3, 0.4) is 0 Å². The summed E-state index contributed by atoms with van der Waals surface area (Å²) in [6.07, 6.45) is 0.757. The van der Waals surface area contributed by atoms with Crippen LogP contribution in [0.25, 0.3) is 0 Å². The van der Waals surface area contributed by atoms with E-state index in [9.17, 15) is 0 Å². The lowest BCUT2D eigenvalue weighted by Gasteiger charge is -2.03. The molecule has 0 aliphatic carbocycles. The van der Waals surface area contributed by atoms with Gasteiger partial charge in [0.25, 0.3) is 0 Å². The zero-order valence-corrected chi connectivity index (χ0v) is 8.36. The predicted molar refractivity (Wildman–Crippen MR) is 50.8 cm³/mol. The van der Waals surface area contributed by atoms with Gasteiger partial charge in [0.05, 0.1) is 10.4 Å². The van der Waals surface area contributed by atoms with Crippen LogP contribution in [0.4, 0.5) is 0 Å². The van der Waals surface area contributed by atoms with Crippen LogP contribution < -0.4 is 5.73 Å². The van der Waals surface area contributed by atoms with Crippen molar-refractivity contribution in [3.63, 3.8) is 0 Å². The molecule has 1 aromatic rings. The van der Waals surface area contributed by atoms with Gasteiger partial charge in [-0.15, -0.1) is 11.3 Å². The average molecular weight is 236 g/mol. The summed E-state index contributed by atoms with van der Waals surface area (Å²) in [5.74, 6) is 0. The summed E-state index contributed by atoms with van der Waals surface area (Å²) in [6.45, 7) is 0.0511. The van der Waals surface area contributed by atoms with Crippen LogP contribution in [0.15, 0.2) is 15.9 Å². The van der Waals surface area contributed by atoms with Crippen molar-refractivity contribution in [1.82, 2.24) is 0 Å². The summed E-state index contributed by atoms with van der Waals surface area (Å²) in [4.78, 5) is 1.21. The van der Waals surface area contributed by atoms with E-state index in [0.29, 0.717) is 0 Å². The highest BCUT2D eigenvalue weighted by Gasteiger charge is 2.03. The molecule has 62 valence electrons. The standard InChI is InChI=1S/C7H10BrNOS/c8-7-2-1-6(11-7)3-5(9)4-10/h1-2,5,10H,3-4,9H2. The largest absolute Gasteiger partial charge is 0.395 e. The van der Waals surface area contributed by atoms with Crippen molar-refractivity contribution in [2.24, 2.45) is 5.73 Å². The van der Waals surface area contributed by atoms with Gasteiger partial charge in [-0.25, -0.2) is 0 Å². The van der Waals surface area contributed by atoms with Crippen LogP contribution in [-0.4, -0.2) is 17.8 Å². The van der Waals surface area contributed by atoms with Crippen molar-refractivity contribution in [2.75, 3.05) is 6.61 Å². The lowest BCUT2D eigenvalue weighted by molar-refractivity contribution is 0.266. The van der Waals surface area contributed by atoms with Gasteiger partial charge < -0.3 is 10.8 Å². The minimum absolute atomic E-state index is 0.0511. The van der Waals surface area contributed by atoms with Crippen LogP contribution in [-0.2, 0) is 6.42 Å². The van der Waals surface area contributed by atoms with E-state index in [1.54, 1.807) is 11.3 Å². The molecule has 1 unspecified atom stereocenters. The molecule has 1 heterocycles. The first-order valence-electron chi connectivity index (χ1n) is 3.33. The Hall–Kier alpha value is 0.1000. The number of halogens is 1. The highest BCUT2D eigenvalue weighted by atomic mass is 79.9. The first-order chi connectivity index (χ1) is 5.22. The van der Waals surface area contributed by atoms with Crippen molar-refractivity contribution < 1.29 is 5.11 Å². The van der Waals surface area contributed by atoms with Crippen molar-refractivity contribution in [1.29, 1.82) is 0 Å². The Kier molecular flexibility index (Phi) is 3.51. The Bertz CT molecular complexity index is 226. The lowest BCUT2D eigenvalue weighted by Crippen LogP contribution is -2.26. The van der Waals surface area contributed by atoms with Crippen LogP contribution in [0, 0.1) is 0 Å². The second kappa shape index (κ2) is 4.21. The van der Waals surface area contributed by atoms with Gasteiger partial charge in [-0.1, -0.05) is 0 Å². The molecule has 0 saturated heterocycles. The van der Waals surface area contributed by atoms with E-state index in [0.717, 1.165) is 10.2 Å². The van der Waals surface area contributed by atoms with Gasteiger partial charge in [0.2, 0.25) is 0 Å². The van der Waals surface area contributed by atoms with E-state index in [1.165, 1.54) is 4.88 Å². The Morgan fingerprint density at radius 3 is 2.82 bits per heavy atom. The number of hydrogen-bond donors (Lipinski definition) is 2. The van der Waals surface area contributed by atoms with Gasteiger partial charge in [-0.2, -0.15) is 0 Å². The zero-order chi connectivity index (χ0) is 8.27. The maximum Gasteiger partial charge on any atom is 0.0701 e. The Morgan fingerprint density at radius 2 is 2.36 bits per heavy atom. The molecule has 0 aliphatic heterocycles. The lowest BCUT2D eigenvalue weighted by atomic mass is 10.2. The number of nitrogens with two attached hydrogens (primary N) is 1. The Labute approximate surface area is 78.2 Å². The Morgan fingerprint density at radius 1 is 1.64 bits per heavy atom. The van der Waals surface area contributed by atoms with Crippen LogP contribution in [0.5, 0.6) is 0 Å². The summed E-state index contributed by atoms with van der Waals surface area (Å²) >= 11 is 5.02. The fourth-order valence-corrected chi connectivity index (χ4v) is 2.36. The maximum atomic E-state index is 8.67. The smallest absolute Gasteiger partial charge is 0.0701 e. The van der Waals surface area contributed by atoms with Gasteiger partial charge in [0, 0.05) is 10.9 Å². The van der Waals surface area contributed by atoms with Crippen molar-refractivity contribution in [3.8, 4) is 0 Å². The molecule has 0 aliphatic rings. The second-order valence-corrected chi connectivity index (χ2v) is 4.90. The fraction of sp³-hybridized carbons (Fsp3) is 0.429. The summed E-state index contributed by atoms with van der Waals surface area (Å²) in [5, 5.41) is 8.67. The number of aliphatic hydroxyl groups excluding tert-OH is 1. The third kappa shape index (κ3) is 2.91. The number of aliphatic hydroxyl groups is 1. The van der Waals surface area contributed by atoms with Gasteiger partial charge >= 0.3 is 0 Å². The summed E-state index contributed by atoms with van der Waals surface area (Å²) < 4.78 is 1.11. The molecule has 0 spiro atoms. The number of rotatable bonds is 3. The van der Waals surface area contributed by atoms with Crippen molar-refractivity contribution in [2.45, 2.75) is 12.5 Å². The molecule has 1 atom stereocenters. The second-order valence-electron chi connectivity index (χ2n) is 2.35. The molecule has 0 aromatic carbocycles. The van der Waals surface area contributed by atoms with E-state index >= 15 is 0 Å². The summed E-state index contributed by atoms with van der Waals surface area (Å²) in [5.41, 5.74) is 5.56. The van der Waals surface area contributed by atoms with Gasteiger partial charge in [0.1, 0.15) is 0 Å². The quantitative estimate of drug-likeness (QED) is 0.832. The topological polar surface area (TPSA) is 46.2 Å². The first kappa shape index (κ1) is 9.19. The van der Waals surface area contributed by atoms with E-state index in [-0.39, 0.29) is 12.6 Å². The molecule has 0 fully saturated rings. The summed E-state index contributed by atoms with van der Waals surface area (Å²) in [7, 11) is 0. The van der Waals surface area contributed by atoms with Gasteiger partial charge in [-0.3, -0.25) is 0 Å². The molecular formula is C7H10BrNOS. The van der Waals surface area contributed by atoms with Crippen LogP contribution in [0.1, 0.15) is 4.88 Å². The molecule has 0 saturated carbocycles. The fourth-order valence-electron chi connectivity index (χ4n) is 0.784. The third-order valence-electron chi connectivity index (χ3n) is 1.33. The van der Waals surface area contributed by atoms with Crippen molar-refractivity contribution in [3.05, 3.63) is 20.8 Å². The maximum absolute atomic E-state index is 8.67. The van der Waals surface area contributed by atoms with Crippen LogP contribution >= 0.6 is 27.3 Å². The summed E-state index contributed by atoms with van der Waals surface area (Å²) in [6, 6.07) is 3.88. The molecule has 0 amide bonds. The number of hydrogen-bond acceptors (Lipinski definition) is 3. The molecule has 1 aromatic heterocycles. The van der Waals surface area contributed by atoms with E-state index < -0.39 is 0 Å². The zero-order valence-electron chi connectivity index (χ0n) is 5.96. The molecule has 4 heteroatoms. The van der Waals surface area contributed by atoms with Gasteiger partial charge in [0.15, 0.2) is 0 Å². The predicted octanol–water partition coefficient (Wildman–Crippen LogP) is 1.37. The van der Waals surface area contributed by atoms with E-state index in [1.807, 2.05) is 12.1 Å².